The standard InChI is InChI=1S/C22H32FN3O/c1-21(2,3)18-11-15(23)12-19-17(18)13-20(27)26(19)16-5-9-25(10-6-16)22(4)7-8-24-14-22/h11-12,16,24H,5-10,13-14H2,1-4H3. The molecule has 0 bridgehead atoms. The third kappa shape index (κ3) is 3.29. The second kappa shape index (κ2) is 6.56. The Morgan fingerprint density at radius 3 is 2.52 bits per heavy atom. The predicted octanol–water partition coefficient (Wildman–Crippen LogP) is 3.23. The van der Waals surface area contributed by atoms with E-state index < -0.39 is 0 Å². The summed E-state index contributed by atoms with van der Waals surface area (Å²) in [6.45, 7) is 12.7. The van der Waals surface area contributed by atoms with Crippen LogP contribution in [-0.2, 0) is 16.6 Å². The number of nitrogens with one attached hydrogen (secondary N) is 1. The summed E-state index contributed by atoms with van der Waals surface area (Å²) in [6, 6.07) is 3.37. The average molecular weight is 374 g/mol. The number of hydrogen-bond donors (Lipinski definition) is 1. The SMILES string of the molecule is CC(C)(C)c1cc(F)cc2c1CC(=O)N2C1CCN(C2(C)CCNC2)CC1. The molecule has 3 aliphatic rings. The van der Waals surface area contributed by atoms with Crippen LogP contribution in [-0.4, -0.2) is 48.6 Å². The third-order valence-electron chi connectivity index (χ3n) is 6.79. The van der Waals surface area contributed by atoms with E-state index >= 15 is 0 Å². The van der Waals surface area contributed by atoms with Gasteiger partial charge < -0.3 is 10.2 Å². The van der Waals surface area contributed by atoms with Crippen LogP contribution in [0.15, 0.2) is 12.1 Å². The van der Waals surface area contributed by atoms with E-state index in [0.717, 1.165) is 55.8 Å². The number of rotatable bonds is 2. The lowest BCUT2D eigenvalue weighted by Gasteiger charge is -2.44. The molecular formula is C22H32FN3O. The van der Waals surface area contributed by atoms with Gasteiger partial charge in [0.2, 0.25) is 5.91 Å². The molecule has 5 heteroatoms. The highest BCUT2D eigenvalue weighted by atomic mass is 19.1. The zero-order chi connectivity index (χ0) is 19.4. The zero-order valence-corrected chi connectivity index (χ0v) is 17.1. The fourth-order valence-electron chi connectivity index (χ4n) is 5.20. The summed E-state index contributed by atoms with van der Waals surface area (Å²) in [5.41, 5.74) is 2.88. The molecule has 1 atom stereocenters. The molecule has 1 aromatic carbocycles. The van der Waals surface area contributed by atoms with Crippen LogP contribution in [0.1, 0.15) is 58.1 Å². The molecule has 0 radical (unpaired) electrons. The van der Waals surface area contributed by atoms with Gasteiger partial charge >= 0.3 is 0 Å². The van der Waals surface area contributed by atoms with Gasteiger partial charge in [-0.2, -0.15) is 0 Å². The van der Waals surface area contributed by atoms with E-state index in [1.54, 1.807) is 12.1 Å². The highest BCUT2D eigenvalue weighted by molar-refractivity contribution is 6.02. The van der Waals surface area contributed by atoms with Crippen LogP contribution in [0.3, 0.4) is 0 Å². The number of amides is 1. The summed E-state index contributed by atoms with van der Waals surface area (Å²) >= 11 is 0. The van der Waals surface area contributed by atoms with E-state index in [9.17, 15) is 9.18 Å². The number of likely N-dealkylation sites (tertiary alicyclic amines) is 1. The number of carbonyl (C=O) groups excluding carboxylic acids is 1. The van der Waals surface area contributed by atoms with E-state index in [0.29, 0.717) is 6.42 Å². The number of carbonyl (C=O) groups is 1. The zero-order valence-electron chi connectivity index (χ0n) is 17.1. The van der Waals surface area contributed by atoms with Crippen LogP contribution in [0.4, 0.5) is 10.1 Å². The monoisotopic (exact) mass is 373 g/mol. The largest absolute Gasteiger partial charge is 0.315 e. The first-order valence-electron chi connectivity index (χ1n) is 10.3. The number of hydrogen-bond acceptors (Lipinski definition) is 3. The number of halogens is 1. The molecule has 2 saturated heterocycles. The van der Waals surface area contributed by atoms with Gasteiger partial charge in [0.25, 0.3) is 0 Å². The van der Waals surface area contributed by atoms with Crippen molar-refractivity contribution in [3.05, 3.63) is 29.1 Å². The number of benzene rings is 1. The Labute approximate surface area is 162 Å². The van der Waals surface area contributed by atoms with Crippen LogP contribution in [0, 0.1) is 5.82 Å². The fourth-order valence-corrected chi connectivity index (χ4v) is 5.20. The molecule has 1 unspecified atom stereocenters. The maximum Gasteiger partial charge on any atom is 0.231 e. The van der Waals surface area contributed by atoms with Gasteiger partial charge in [-0.15, -0.1) is 0 Å². The Hall–Kier alpha value is -1.46. The van der Waals surface area contributed by atoms with Crippen molar-refractivity contribution in [1.82, 2.24) is 10.2 Å². The highest BCUT2D eigenvalue weighted by Gasteiger charge is 2.41. The lowest BCUT2D eigenvalue weighted by atomic mass is 9.83. The molecule has 3 heterocycles. The van der Waals surface area contributed by atoms with Crippen LogP contribution in [0.2, 0.25) is 0 Å². The van der Waals surface area contributed by atoms with Gasteiger partial charge in [0, 0.05) is 31.2 Å². The second-order valence-corrected chi connectivity index (χ2v) is 9.78. The van der Waals surface area contributed by atoms with Crippen LogP contribution < -0.4 is 10.2 Å². The van der Waals surface area contributed by atoms with Gasteiger partial charge in [-0.25, -0.2) is 4.39 Å². The van der Waals surface area contributed by atoms with Gasteiger partial charge in [-0.1, -0.05) is 20.8 Å². The molecule has 1 amide bonds. The van der Waals surface area contributed by atoms with Gasteiger partial charge in [0.15, 0.2) is 0 Å². The number of nitrogens with zero attached hydrogens (tertiary/aromatic N) is 2. The molecule has 0 aromatic heterocycles. The van der Waals surface area contributed by atoms with Crippen molar-refractivity contribution in [2.45, 2.75) is 70.4 Å². The number of anilines is 1. The summed E-state index contributed by atoms with van der Waals surface area (Å²) in [7, 11) is 0. The summed E-state index contributed by atoms with van der Waals surface area (Å²) in [5.74, 6) is -0.103. The average Bonchev–Trinajstić information content (AvgIpc) is 3.17. The van der Waals surface area contributed by atoms with Crippen LogP contribution in [0.25, 0.3) is 0 Å². The molecule has 1 N–H and O–H groups in total. The maximum atomic E-state index is 14.4. The minimum absolute atomic E-state index is 0.133. The Kier molecular flexibility index (Phi) is 4.59. The fraction of sp³-hybridized carbons (Fsp3) is 0.682. The van der Waals surface area contributed by atoms with E-state index in [1.165, 1.54) is 6.42 Å². The molecule has 2 fully saturated rings. The van der Waals surface area contributed by atoms with Crippen molar-refractivity contribution in [2.75, 3.05) is 31.1 Å². The molecule has 148 valence electrons. The first-order chi connectivity index (χ1) is 12.7. The Balaban J connectivity index is 1.57. The molecule has 0 saturated carbocycles. The van der Waals surface area contributed by atoms with Crippen LogP contribution in [0.5, 0.6) is 0 Å². The van der Waals surface area contributed by atoms with Gasteiger partial charge in [-0.05, 0) is 61.4 Å². The Morgan fingerprint density at radius 2 is 1.93 bits per heavy atom. The van der Waals surface area contributed by atoms with E-state index in [2.05, 4.69) is 37.9 Å². The highest BCUT2D eigenvalue weighted by Crippen LogP contribution is 2.40. The Bertz CT molecular complexity index is 741. The first kappa shape index (κ1) is 18.9. The molecule has 27 heavy (non-hydrogen) atoms. The second-order valence-electron chi connectivity index (χ2n) is 9.78. The van der Waals surface area contributed by atoms with E-state index in [-0.39, 0.29) is 28.7 Å². The van der Waals surface area contributed by atoms with Gasteiger partial charge in [0.05, 0.1) is 12.1 Å². The lowest BCUT2D eigenvalue weighted by molar-refractivity contribution is -0.118. The number of piperidine rings is 1. The van der Waals surface area contributed by atoms with Crippen molar-refractivity contribution >= 4 is 11.6 Å². The van der Waals surface area contributed by atoms with Gasteiger partial charge in [0.1, 0.15) is 5.82 Å². The smallest absolute Gasteiger partial charge is 0.231 e. The summed E-state index contributed by atoms with van der Waals surface area (Å²) in [5, 5.41) is 3.48. The molecule has 1 aromatic rings. The molecule has 4 nitrogen and oxygen atoms in total. The van der Waals surface area contributed by atoms with Gasteiger partial charge in [-0.3, -0.25) is 9.69 Å². The van der Waals surface area contributed by atoms with Crippen molar-refractivity contribution < 1.29 is 9.18 Å². The van der Waals surface area contributed by atoms with Crippen LogP contribution >= 0.6 is 0 Å². The molecule has 0 aliphatic carbocycles. The summed E-state index contributed by atoms with van der Waals surface area (Å²) in [6.07, 6.45) is 3.51. The van der Waals surface area contributed by atoms with Crippen molar-refractivity contribution in [3.8, 4) is 0 Å². The van der Waals surface area contributed by atoms with Crippen molar-refractivity contribution in [2.24, 2.45) is 0 Å². The molecule has 4 rings (SSSR count). The summed E-state index contributed by atoms with van der Waals surface area (Å²) in [4.78, 5) is 17.4. The minimum Gasteiger partial charge on any atom is -0.315 e. The lowest BCUT2D eigenvalue weighted by Crippen LogP contribution is -2.54. The normalized spacial score (nSPS) is 27.4. The third-order valence-corrected chi connectivity index (χ3v) is 6.79. The molecule has 3 aliphatic heterocycles. The van der Waals surface area contributed by atoms with Crippen molar-refractivity contribution in [3.63, 3.8) is 0 Å². The number of fused-ring (bicyclic) bond motifs is 1. The minimum atomic E-state index is -0.236. The Morgan fingerprint density at radius 1 is 1.22 bits per heavy atom. The van der Waals surface area contributed by atoms with Crippen molar-refractivity contribution in [1.29, 1.82) is 0 Å². The first-order valence-corrected chi connectivity index (χ1v) is 10.3. The van der Waals surface area contributed by atoms with E-state index in [4.69, 9.17) is 0 Å². The summed E-state index contributed by atoms with van der Waals surface area (Å²) < 4.78 is 14.4. The van der Waals surface area contributed by atoms with E-state index in [1.807, 2.05) is 4.90 Å². The predicted molar refractivity (Wildman–Crippen MR) is 107 cm³/mol. The molecule has 0 spiro atoms. The topological polar surface area (TPSA) is 35.6 Å². The maximum absolute atomic E-state index is 14.4. The molecular weight excluding hydrogens is 341 g/mol. The quantitative estimate of drug-likeness (QED) is 0.865.